The van der Waals surface area contributed by atoms with Crippen molar-refractivity contribution in [2.24, 2.45) is 5.73 Å². The molecule has 4 aromatic rings. The fourth-order valence-electron chi connectivity index (χ4n) is 4.13. The van der Waals surface area contributed by atoms with E-state index in [2.05, 4.69) is 20.6 Å². The zero-order chi connectivity index (χ0) is 27.1. The Balaban J connectivity index is 1.58. The third kappa shape index (κ3) is 5.90. The largest absolute Gasteiger partial charge is 0.497 e. The summed E-state index contributed by atoms with van der Waals surface area (Å²) in [5.74, 6) is 0.616. The minimum absolute atomic E-state index is 0.148. The smallest absolute Gasteiger partial charge is 0.264 e. The van der Waals surface area contributed by atoms with E-state index in [1.807, 2.05) is 13.0 Å². The highest BCUT2D eigenvalue weighted by Crippen LogP contribution is 2.35. The van der Waals surface area contributed by atoms with Crippen LogP contribution < -0.4 is 21.1 Å². The molecule has 2 heterocycles. The van der Waals surface area contributed by atoms with Crippen molar-refractivity contribution < 1.29 is 23.0 Å². The number of amides is 1. The average molecular weight is 525 g/mol. The highest BCUT2D eigenvalue weighted by atomic mass is 19.3. The summed E-state index contributed by atoms with van der Waals surface area (Å²) in [4.78, 5) is 21.5. The number of nitrogens with one attached hydrogen (secondary N) is 2. The van der Waals surface area contributed by atoms with E-state index in [0.717, 1.165) is 5.56 Å². The molecule has 2 aromatic heterocycles. The molecule has 1 amide bonds. The molecule has 0 aliphatic carbocycles. The first-order valence-electron chi connectivity index (χ1n) is 12.2. The quantitative estimate of drug-likeness (QED) is 0.236. The maximum atomic E-state index is 13.8. The topological polar surface area (TPSA) is 116 Å². The first-order chi connectivity index (χ1) is 18.5. The van der Waals surface area contributed by atoms with Crippen LogP contribution in [0.5, 0.6) is 5.75 Å². The molecule has 0 radical (unpaired) electrons. The molecule has 9 nitrogen and oxygen atoms in total. The van der Waals surface area contributed by atoms with Crippen molar-refractivity contribution in [2.45, 2.75) is 19.8 Å². The summed E-state index contributed by atoms with van der Waals surface area (Å²) in [7, 11) is 1.44. The van der Waals surface area contributed by atoms with Gasteiger partial charge in [0.25, 0.3) is 12.3 Å². The van der Waals surface area contributed by atoms with Gasteiger partial charge in [-0.3, -0.25) is 9.20 Å². The van der Waals surface area contributed by atoms with Crippen LogP contribution in [0.25, 0.3) is 16.9 Å². The summed E-state index contributed by atoms with van der Waals surface area (Å²) in [6.45, 7) is 3.63. The molecule has 0 unspecified atom stereocenters. The van der Waals surface area contributed by atoms with Crippen molar-refractivity contribution in [3.05, 3.63) is 71.7 Å². The monoisotopic (exact) mass is 524 g/mol. The number of hydrogen-bond acceptors (Lipinski definition) is 7. The molecule has 4 N–H and O–H groups in total. The van der Waals surface area contributed by atoms with Crippen LogP contribution in [0.2, 0.25) is 0 Å². The SMILES string of the molecule is CCc1cc(Nc2nccn3c(-c4ccc(OC)cc4C(F)F)cnc23)ccc1C(=O)NCCOCCN. The molecule has 2 aromatic carbocycles. The van der Waals surface area contributed by atoms with Gasteiger partial charge in [0.1, 0.15) is 5.75 Å². The summed E-state index contributed by atoms with van der Waals surface area (Å²) in [6.07, 6.45) is 2.73. The zero-order valence-corrected chi connectivity index (χ0v) is 21.2. The third-order valence-corrected chi connectivity index (χ3v) is 5.99. The van der Waals surface area contributed by atoms with Crippen LogP contribution in [0.1, 0.15) is 34.8 Å². The van der Waals surface area contributed by atoms with Crippen LogP contribution in [-0.4, -0.2) is 53.7 Å². The number of nitrogens with two attached hydrogens (primary N) is 1. The molecule has 11 heteroatoms. The third-order valence-electron chi connectivity index (χ3n) is 5.99. The number of nitrogens with zero attached hydrogens (tertiary/aromatic N) is 3. The number of hydrogen-bond donors (Lipinski definition) is 3. The van der Waals surface area contributed by atoms with Crippen molar-refractivity contribution in [1.29, 1.82) is 0 Å². The molecule has 0 aliphatic rings. The molecule has 4 rings (SSSR count). The predicted octanol–water partition coefficient (Wildman–Crippen LogP) is 4.35. The number of alkyl halides is 2. The fraction of sp³-hybridized carbons (Fsp3) is 0.296. The second-order valence-electron chi connectivity index (χ2n) is 8.37. The van der Waals surface area contributed by atoms with Crippen LogP contribution in [-0.2, 0) is 11.2 Å². The molecule has 0 saturated carbocycles. The van der Waals surface area contributed by atoms with E-state index in [1.165, 1.54) is 19.4 Å². The molecular formula is C27H30F2N6O3. The van der Waals surface area contributed by atoms with Gasteiger partial charge in [0.2, 0.25) is 0 Å². The molecule has 0 spiro atoms. The number of ether oxygens (including phenoxy) is 2. The van der Waals surface area contributed by atoms with E-state index in [-0.39, 0.29) is 11.5 Å². The molecule has 0 aliphatic heterocycles. The summed E-state index contributed by atoms with van der Waals surface area (Å²) >= 11 is 0. The molecule has 200 valence electrons. The number of methoxy groups -OCH3 is 1. The standard InChI is InChI=1S/C27H30F2N6O3/c1-3-17-14-18(4-6-20(17)27(36)32-10-13-38-12-8-30)34-25-26-33-16-23(35(26)11-9-31-25)21-7-5-19(37-2)15-22(21)24(28)29/h4-7,9,11,14-16,24H,3,8,10,12-13,30H2,1-2H3,(H,31,34)(H,32,36). The maximum absolute atomic E-state index is 13.8. The van der Waals surface area contributed by atoms with Crippen LogP contribution in [0.3, 0.4) is 0 Å². The summed E-state index contributed by atoms with van der Waals surface area (Å²) in [5, 5.41) is 6.10. The van der Waals surface area contributed by atoms with Gasteiger partial charge in [-0.1, -0.05) is 6.92 Å². The summed E-state index contributed by atoms with van der Waals surface area (Å²) < 4.78 is 39.8. The lowest BCUT2D eigenvalue weighted by Gasteiger charge is -2.13. The number of imidazole rings is 1. The molecule has 0 saturated heterocycles. The number of fused-ring (bicyclic) bond motifs is 1. The highest BCUT2D eigenvalue weighted by Gasteiger charge is 2.19. The summed E-state index contributed by atoms with van der Waals surface area (Å²) in [5.41, 5.74) is 8.71. The van der Waals surface area contributed by atoms with Gasteiger partial charge in [-0.15, -0.1) is 0 Å². The first kappa shape index (κ1) is 27.0. The number of anilines is 2. The van der Waals surface area contributed by atoms with Gasteiger partial charge < -0.3 is 25.8 Å². The van der Waals surface area contributed by atoms with E-state index in [4.69, 9.17) is 15.2 Å². The molecule has 0 fully saturated rings. The van der Waals surface area contributed by atoms with Crippen molar-refractivity contribution in [3.8, 4) is 17.0 Å². The number of carbonyl (C=O) groups is 1. The van der Waals surface area contributed by atoms with E-state index in [0.29, 0.717) is 72.4 Å². The van der Waals surface area contributed by atoms with Crippen molar-refractivity contribution in [1.82, 2.24) is 19.7 Å². The van der Waals surface area contributed by atoms with Crippen molar-refractivity contribution >= 4 is 23.1 Å². The number of halogens is 2. The van der Waals surface area contributed by atoms with Crippen LogP contribution in [0.15, 0.2) is 55.0 Å². The molecule has 0 atom stereocenters. The zero-order valence-electron chi connectivity index (χ0n) is 21.2. The van der Waals surface area contributed by atoms with E-state index < -0.39 is 6.43 Å². The second-order valence-corrected chi connectivity index (χ2v) is 8.37. The van der Waals surface area contributed by atoms with Gasteiger partial charge >= 0.3 is 0 Å². The number of carbonyl (C=O) groups excluding carboxylic acids is 1. The molecular weight excluding hydrogens is 494 g/mol. The van der Waals surface area contributed by atoms with Crippen LogP contribution >= 0.6 is 0 Å². The maximum Gasteiger partial charge on any atom is 0.264 e. The lowest BCUT2D eigenvalue weighted by molar-refractivity contribution is 0.0919. The number of rotatable bonds is 12. The minimum Gasteiger partial charge on any atom is -0.497 e. The number of aromatic nitrogens is 3. The van der Waals surface area contributed by atoms with Crippen LogP contribution in [0.4, 0.5) is 20.3 Å². The van der Waals surface area contributed by atoms with Gasteiger partial charge in [0.15, 0.2) is 11.5 Å². The Morgan fingerprint density at radius 2 is 2.00 bits per heavy atom. The Hall–Kier alpha value is -4.09. The molecule has 0 bridgehead atoms. The van der Waals surface area contributed by atoms with E-state index >= 15 is 0 Å². The van der Waals surface area contributed by atoms with Gasteiger partial charge in [0.05, 0.1) is 32.2 Å². The van der Waals surface area contributed by atoms with Gasteiger partial charge in [0, 0.05) is 47.9 Å². The Morgan fingerprint density at radius 3 is 2.74 bits per heavy atom. The van der Waals surface area contributed by atoms with Crippen molar-refractivity contribution in [3.63, 3.8) is 0 Å². The number of benzene rings is 2. The molecule has 38 heavy (non-hydrogen) atoms. The number of aryl methyl sites for hydroxylation is 1. The van der Waals surface area contributed by atoms with E-state index in [1.54, 1.807) is 41.1 Å². The Morgan fingerprint density at radius 1 is 1.16 bits per heavy atom. The lowest BCUT2D eigenvalue weighted by atomic mass is 10.0. The Labute approximate surface area is 219 Å². The first-order valence-corrected chi connectivity index (χ1v) is 12.2. The minimum atomic E-state index is -2.69. The lowest BCUT2D eigenvalue weighted by Crippen LogP contribution is -2.28. The van der Waals surface area contributed by atoms with Crippen molar-refractivity contribution in [2.75, 3.05) is 38.7 Å². The van der Waals surface area contributed by atoms with Gasteiger partial charge in [-0.05, 0) is 48.4 Å². The van der Waals surface area contributed by atoms with Gasteiger partial charge in [-0.25, -0.2) is 18.7 Å². The normalized spacial score (nSPS) is 11.2. The Kier molecular flexibility index (Phi) is 8.82. The summed E-state index contributed by atoms with van der Waals surface area (Å²) in [6, 6.07) is 9.98. The van der Waals surface area contributed by atoms with Gasteiger partial charge in [-0.2, -0.15) is 0 Å². The average Bonchev–Trinajstić information content (AvgIpc) is 3.37. The Bertz CT molecular complexity index is 1410. The van der Waals surface area contributed by atoms with E-state index in [9.17, 15) is 13.6 Å². The van der Waals surface area contributed by atoms with Crippen LogP contribution in [0, 0.1) is 0 Å². The fourth-order valence-corrected chi connectivity index (χ4v) is 4.13. The second kappa shape index (κ2) is 12.4. The highest BCUT2D eigenvalue weighted by molar-refractivity contribution is 5.96. The predicted molar refractivity (Wildman–Crippen MR) is 141 cm³/mol.